The molecule has 0 spiro atoms. The molecule has 0 amide bonds. The molecule has 1 aromatic rings. The zero-order valence-electron chi connectivity index (χ0n) is 15.0. The number of ether oxygens (including phenoxy) is 2. The van der Waals surface area contributed by atoms with E-state index in [9.17, 15) is 9.59 Å². The van der Waals surface area contributed by atoms with Crippen molar-refractivity contribution < 1.29 is 19.1 Å². The molecule has 0 aromatic heterocycles. The molecular formula is C19H26ClNO4. The van der Waals surface area contributed by atoms with Gasteiger partial charge in [-0.2, -0.15) is 0 Å². The number of anilines is 1. The monoisotopic (exact) mass is 367 g/mol. The molecule has 0 bridgehead atoms. The number of hydrogen-bond acceptors (Lipinski definition) is 5. The molecule has 0 heterocycles. The molecule has 3 atom stereocenters. The Bertz CT molecular complexity index is 632. The molecule has 2 N–H and O–H groups in total. The summed E-state index contributed by atoms with van der Waals surface area (Å²) in [6.07, 6.45) is 2.96. The maximum Gasteiger partial charge on any atom is 0.344 e. The van der Waals surface area contributed by atoms with E-state index in [1.54, 1.807) is 0 Å². The molecule has 5 nitrogen and oxygen atoms in total. The van der Waals surface area contributed by atoms with Crippen molar-refractivity contribution in [1.29, 1.82) is 0 Å². The molecule has 6 heteroatoms. The van der Waals surface area contributed by atoms with Gasteiger partial charge in [0.1, 0.15) is 6.10 Å². The van der Waals surface area contributed by atoms with E-state index in [4.69, 9.17) is 26.8 Å². The van der Waals surface area contributed by atoms with Crippen LogP contribution >= 0.6 is 11.6 Å². The SMILES string of the molecule is CC(C)[C@H]1CC[C@H](C)C[C@H]1OC(=O)COC(=O)c1ccc(Cl)c(N)c1. The number of nitrogens with two attached hydrogens (primary N) is 1. The lowest BCUT2D eigenvalue weighted by Gasteiger charge is -2.36. The Hall–Kier alpha value is -1.75. The summed E-state index contributed by atoms with van der Waals surface area (Å²) in [6.45, 7) is 6.05. The van der Waals surface area contributed by atoms with Crippen LogP contribution in [-0.4, -0.2) is 24.6 Å². The summed E-state index contributed by atoms with van der Waals surface area (Å²) in [4.78, 5) is 24.1. The Morgan fingerprint density at radius 2 is 2.04 bits per heavy atom. The molecular weight excluding hydrogens is 342 g/mol. The topological polar surface area (TPSA) is 78.6 Å². The number of nitrogen functional groups attached to an aromatic ring is 1. The molecule has 138 valence electrons. The predicted molar refractivity (Wildman–Crippen MR) is 97.4 cm³/mol. The largest absolute Gasteiger partial charge is 0.460 e. The molecule has 0 unspecified atom stereocenters. The van der Waals surface area contributed by atoms with E-state index < -0.39 is 18.5 Å². The van der Waals surface area contributed by atoms with E-state index in [1.165, 1.54) is 18.2 Å². The van der Waals surface area contributed by atoms with Crippen LogP contribution in [0.25, 0.3) is 0 Å². The molecule has 0 saturated heterocycles. The van der Waals surface area contributed by atoms with Gasteiger partial charge in [0.15, 0.2) is 6.61 Å². The first-order valence-corrected chi connectivity index (χ1v) is 9.07. The lowest BCUT2D eigenvalue weighted by molar-refractivity contribution is -0.159. The van der Waals surface area contributed by atoms with Crippen molar-refractivity contribution in [2.45, 2.75) is 46.1 Å². The van der Waals surface area contributed by atoms with E-state index in [0.29, 0.717) is 22.8 Å². The van der Waals surface area contributed by atoms with Crippen LogP contribution in [0.4, 0.5) is 5.69 Å². The van der Waals surface area contributed by atoms with E-state index in [1.807, 2.05) is 0 Å². The average Bonchev–Trinajstić information content (AvgIpc) is 2.55. The molecule has 1 aliphatic rings. The van der Waals surface area contributed by atoms with Gasteiger partial charge in [0.05, 0.1) is 16.3 Å². The van der Waals surface area contributed by atoms with Gasteiger partial charge >= 0.3 is 11.9 Å². The number of rotatable bonds is 5. The van der Waals surface area contributed by atoms with Crippen molar-refractivity contribution in [3.63, 3.8) is 0 Å². The molecule has 1 aromatic carbocycles. The zero-order valence-corrected chi connectivity index (χ0v) is 15.7. The number of hydrogen-bond donors (Lipinski definition) is 1. The van der Waals surface area contributed by atoms with Gasteiger partial charge < -0.3 is 15.2 Å². The van der Waals surface area contributed by atoms with Gasteiger partial charge in [0.2, 0.25) is 0 Å². The fourth-order valence-electron chi connectivity index (χ4n) is 3.33. The lowest BCUT2D eigenvalue weighted by Crippen LogP contribution is -2.36. The Balaban J connectivity index is 1.88. The van der Waals surface area contributed by atoms with Crippen molar-refractivity contribution in [3.05, 3.63) is 28.8 Å². The Kier molecular flexibility index (Phi) is 6.71. The van der Waals surface area contributed by atoms with Crippen LogP contribution in [0.2, 0.25) is 5.02 Å². The van der Waals surface area contributed by atoms with Crippen molar-refractivity contribution in [1.82, 2.24) is 0 Å². The van der Waals surface area contributed by atoms with Crippen LogP contribution < -0.4 is 5.73 Å². The van der Waals surface area contributed by atoms with Crippen LogP contribution in [0.5, 0.6) is 0 Å². The third kappa shape index (κ3) is 5.36. The highest BCUT2D eigenvalue weighted by Gasteiger charge is 2.33. The first-order chi connectivity index (χ1) is 11.8. The van der Waals surface area contributed by atoms with Crippen molar-refractivity contribution in [2.24, 2.45) is 17.8 Å². The van der Waals surface area contributed by atoms with E-state index in [-0.39, 0.29) is 17.4 Å². The number of carbonyl (C=O) groups is 2. The lowest BCUT2D eigenvalue weighted by atomic mass is 9.75. The Labute approximate surface area is 153 Å². The third-order valence-corrected chi connectivity index (χ3v) is 5.14. The van der Waals surface area contributed by atoms with Crippen LogP contribution in [-0.2, 0) is 14.3 Å². The van der Waals surface area contributed by atoms with Crippen molar-refractivity contribution in [2.75, 3.05) is 12.3 Å². The quantitative estimate of drug-likeness (QED) is 0.626. The summed E-state index contributed by atoms with van der Waals surface area (Å²) in [7, 11) is 0. The van der Waals surface area contributed by atoms with E-state index in [2.05, 4.69) is 20.8 Å². The second-order valence-corrected chi connectivity index (χ2v) is 7.57. The average molecular weight is 368 g/mol. The highest BCUT2D eigenvalue weighted by molar-refractivity contribution is 6.33. The molecule has 1 saturated carbocycles. The fraction of sp³-hybridized carbons (Fsp3) is 0.579. The van der Waals surface area contributed by atoms with Gasteiger partial charge in [0.25, 0.3) is 0 Å². The summed E-state index contributed by atoms with van der Waals surface area (Å²) in [5, 5.41) is 0.363. The highest BCUT2D eigenvalue weighted by atomic mass is 35.5. The number of halogens is 1. The predicted octanol–water partition coefficient (Wildman–Crippen LogP) is 4.08. The minimum atomic E-state index is -0.627. The Morgan fingerprint density at radius 1 is 1.32 bits per heavy atom. The van der Waals surface area contributed by atoms with Crippen LogP contribution in [0.3, 0.4) is 0 Å². The summed E-state index contributed by atoms with van der Waals surface area (Å²) in [6, 6.07) is 4.44. The van der Waals surface area contributed by atoms with Gasteiger partial charge in [-0.1, -0.05) is 38.8 Å². The minimum Gasteiger partial charge on any atom is -0.460 e. The molecule has 0 radical (unpaired) electrons. The minimum absolute atomic E-state index is 0.110. The van der Waals surface area contributed by atoms with Gasteiger partial charge in [0, 0.05) is 0 Å². The van der Waals surface area contributed by atoms with Crippen LogP contribution in [0, 0.1) is 17.8 Å². The van der Waals surface area contributed by atoms with Gasteiger partial charge in [-0.15, -0.1) is 0 Å². The van der Waals surface area contributed by atoms with E-state index in [0.717, 1.165) is 19.3 Å². The number of benzene rings is 1. The second kappa shape index (κ2) is 8.56. The van der Waals surface area contributed by atoms with Gasteiger partial charge in [-0.05, 0) is 48.8 Å². The van der Waals surface area contributed by atoms with E-state index >= 15 is 0 Å². The summed E-state index contributed by atoms with van der Waals surface area (Å²) in [5.41, 5.74) is 6.20. The summed E-state index contributed by atoms with van der Waals surface area (Å²) < 4.78 is 10.6. The highest BCUT2D eigenvalue weighted by Crippen LogP contribution is 2.35. The number of carbonyl (C=O) groups excluding carboxylic acids is 2. The number of esters is 2. The molecule has 25 heavy (non-hydrogen) atoms. The Morgan fingerprint density at radius 3 is 2.68 bits per heavy atom. The van der Waals surface area contributed by atoms with Crippen molar-refractivity contribution >= 4 is 29.2 Å². The van der Waals surface area contributed by atoms with Gasteiger partial charge in [-0.25, -0.2) is 9.59 Å². The maximum atomic E-state index is 12.1. The van der Waals surface area contributed by atoms with Gasteiger partial charge in [-0.3, -0.25) is 0 Å². The molecule has 2 rings (SSSR count). The maximum absolute atomic E-state index is 12.1. The summed E-state index contributed by atoms with van der Waals surface area (Å²) in [5.74, 6) is 0.196. The first-order valence-electron chi connectivity index (χ1n) is 8.69. The zero-order chi connectivity index (χ0) is 18.6. The first kappa shape index (κ1) is 19.6. The molecule has 1 fully saturated rings. The third-order valence-electron chi connectivity index (χ3n) is 4.80. The van der Waals surface area contributed by atoms with Crippen molar-refractivity contribution in [3.8, 4) is 0 Å². The van der Waals surface area contributed by atoms with Crippen LogP contribution in [0.15, 0.2) is 18.2 Å². The van der Waals surface area contributed by atoms with Crippen LogP contribution in [0.1, 0.15) is 50.4 Å². The standard InChI is InChI=1S/C19H26ClNO4/c1-11(2)14-6-4-12(3)8-17(14)25-18(22)10-24-19(23)13-5-7-15(20)16(21)9-13/h5,7,9,11-12,14,17H,4,6,8,10,21H2,1-3H3/t12-,14+,17+/m0/s1. The second-order valence-electron chi connectivity index (χ2n) is 7.17. The smallest absolute Gasteiger partial charge is 0.344 e. The molecule has 1 aliphatic carbocycles. The normalized spacial score (nSPS) is 23.3. The molecule has 0 aliphatic heterocycles. The fourth-order valence-corrected chi connectivity index (χ4v) is 3.45. The summed E-state index contributed by atoms with van der Waals surface area (Å²) >= 11 is 5.82.